The summed E-state index contributed by atoms with van der Waals surface area (Å²) in [7, 11) is -3.13. The van der Waals surface area contributed by atoms with Crippen LogP contribution in [0.4, 0.5) is 0 Å². The summed E-state index contributed by atoms with van der Waals surface area (Å²) in [5.74, 6) is 5.31. The molecule has 0 bridgehead atoms. The van der Waals surface area contributed by atoms with Gasteiger partial charge in [-0.05, 0) is 35.9 Å². The predicted molar refractivity (Wildman–Crippen MR) is 108 cm³/mol. The molecule has 0 unspecified atom stereocenters. The lowest BCUT2D eigenvalue weighted by Crippen LogP contribution is -1.80. The second-order valence-corrected chi connectivity index (χ2v) is 8.15. The number of thioether (sulfide) groups is 2. The Kier molecular flexibility index (Phi) is 37.5. The second kappa shape index (κ2) is 29.8. The van der Waals surface area contributed by atoms with Crippen LogP contribution in [0.1, 0.15) is 79.1 Å². The van der Waals surface area contributed by atoms with Crippen molar-refractivity contribution in [1.82, 2.24) is 0 Å². The van der Waals surface area contributed by atoms with E-state index in [9.17, 15) is 0 Å². The van der Waals surface area contributed by atoms with Gasteiger partial charge in [-0.25, -0.2) is 0 Å². The fourth-order valence-corrected chi connectivity index (χ4v) is 2.94. The highest BCUT2D eigenvalue weighted by Crippen LogP contribution is 2.06. The quantitative estimate of drug-likeness (QED) is 0.324. The lowest BCUT2D eigenvalue weighted by molar-refractivity contribution is 0.405. The molecular formula is C16H39O3PS2. The first-order valence-corrected chi connectivity index (χ1v) is 12.2. The number of rotatable bonds is 12. The minimum Gasteiger partial charge on any atom is -0.326 e. The van der Waals surface area contributed by atoms with Crippen LogP contribution in [0.15, 0.2) is 0 Å². The van der Waals surface area contributed by atoms with Gasteiger partial charge in [0.15, 0.2) is 0 Å². The second-order valence-electron chi connectivity index (χ2n) is 4.80. The molecule has 6 heteroatoms. The Bertz CT molecular complexity index is 166. The molecule has 0 aliphatic carbocycles. The van der Waals surface area contributed by atoms with E-state index in [-0.39, 0.29) is 0 Å². The molecule has 0 aliphatic heterocycles. The van der Waals surface area contributed by atoms with Gasteiger partial charge in [0.2, 0.25) is 0 Å². The molecule has 0 saturated heterocycles. The first kappa shape index (κ1) is 27.7. The largest absolute Gasteiger partial charge is 0.326 e. The van der Waals surface area contributed by atoms with E-state index in [0.29, 0.717) is 0 Å². The fraction of sp³-hybridized carbons (Fsp3) is 1.00. The number of hydrogen-bond donors (Lipinski definition) is 2. The Morgan fingerprint density at radius 2 is 1.00 bits per heavy atom. The number of unbranched alkanes of at least 4 members (excludes halogenated alkanes) is 6. The van der Waals surface area contributed by atoms with E-state index < -0.39 is 8.25 Å². The summed E-state index contributed by atoms with van der Waals surface area (Å²) >= 11 is 4.12. The van der Waals surface area contributed by atoms with E-state index >= 15 is 0 Å². The lowest BCUT2D eigenvalue weighted by atomic mass is 10.2. The molecule has 0 fully saturated rings. The molecule has 0 aromatic heterocycles. The monoisotopic (exact) mass is 374 g/mol. The average molecular weight is 375 g/mol. The molecule has 0 radical (unpaired) electrons. The smallest absolute Gasteiger partial charge is 0.314 e. The Hall–Kier alpha value is 0.850. The predicted octanol–water partition coefficient (Wildman–Crippen LogP) is 6.00. The summed E-state index contributed by atoms with van der Waals surface area (Å²) in [6.45, 7) is 8.97. The molecule has 0 amide bonds. The highest BCUT2D eigenvalue weighted by molar-refractivity contribution is 7.99. The van der Waals surface area contributed by atoms with E-state index in [0.717, 1.165) is 0 Å². The third-order valence-corrected chi connectivity index (χ3v) is 4.66. The van der Waals surface area contributed by atoms with Gasteiger partial charge in [-0.3, -0.25) is 4.57 Å². The van der Waals surface area contributed by atoms with Crippen molar-refractivity contribution >= 4 is 31.8 Å². The van der Waals surface area contributed by atoms with Crippen LogP contribution in [0.5, 0.6) is 0 Å². The molecule has 0 saturated carbocycles. The minimum absolute atomic E-state index is 1.28. The van der Waals surface area contributed by atoms with Gasteiger partial charge in [0, 0.05) is 0 Å². The molecule has 2 N–H and O–H groups in total. The first-order valence-electron chi connectivity index (χ1n) is 8.63. The normalized spacial score (nSPS) is 9.77. The van der Waals surface area contributed by atoms with Gasteiger partial charge >= 0.3 is 8.25 Å². The highest BCUT2D eigenvalue weighted by atomic mass is 32.2. The standard InChI is InChI=1S/2C8H18S.H3O3P/c2*1-3-5-6-7-8-9-4-2;1-4(2)3/h2*3-8H2,1-2H3;4H,(H2,1,2,3). The summed E-state index contributed by atoms with van der Waals surface area (Å²) in [4.78, 5) is 14.3. The van der Waals surface area contributed by atoms with Crippen molar-refractivity contribution in [2.45, 2.75) is 79.1 Å². The zero-order valence-electron chi connectivity index (χ0n) is 15.1. The van der Waals surface area contributed by atoms with Crippen LogP contribution in [0.3, 0.4) is 0 Å². The van der Waals surface area contributed by atoms with E-state index in [1.165, 1.54) is 74.4 Å². The van der Waals surface area contributed by atoms with Gasteiger partial charge in [-0.2, -0.15) is 23.5 Å². The summed E-state index contributed by atoms with van der Waals surface area (Å²) in [5, 5.41) is 0. The SMILES string of the molecule is CCCCCCSCC.CCCCCCSCC.O=[PH](O)O. The van der Waals surface area contributed by atoms with Gasteiger partial charge in [-0.1, -0.05) is 66.2 Å². The van der Waals surface area contributed by atoms with Gasteiger partial charge in [0.05, 0.1) is 0 Å². The molecule has 0 aromatic carbocycles. The summed E-state index contributed by atoms with van der Waals surface area (Å²) in [6, 6.07) is 0. The maximum absolute atomic E-state index is 8.74. The molecule has 0 rings (SSSR count). The lowest BCUT2D eigenvalue weighted by Gasteiger charge is -1.96. The average Bonchev–Trinajstić information content (AvgIpc) is 2.47. The van der Waals surface area contributed by atoms with Crippen molar-refractivity contribution in [3.8, 4) is 0 Å². The van der Waals surface area contributed by atoms with E-state index in [1.807, 2.05) is 0 Å². The third kappa shape index (κ3) is 49.8. The molecule has 22 heavy (non-hydrogen) atoms. The van der Waals surface area contributed by atoms with Crippen molar-refractivity contribution < 1.29 is 14.4 Å². The molecule has 0 aromatic rings. The number of hydrogen-bond acceptors (Lipinski definition) is 3. The minimum atomic E-state index is -3.13. The van der Waals surface area contributed by atoms with Crippen molar-refractivity contribution in [3.63, 3.8) is 0 Å². The van der Waals surface area contributed by atoms with Crippen LogP contribution in [-0.2, 0) is 4.57 Å². The molecule has 3 nitrogen and oxygen atoms in total. The highest BCUT2D eigenvalue weighted by Gasteiger charge is 1.86. The van der Waals surface area contributed by atoms with Crippen LogP contribution in [0.2, 0.25) is 0 Å². The Morgan fingerprint density at radius 3 is 1.23 bits per heavy atom. The van der Waals surface area contributed by atoms with Crippen molar-refractivity contribution in [1.29, 1.82) is 0 Å². The summed E-state index contributed by atoms with van der Waals surface area (Å²) in [5.41, 5.74) is 0. The van der Waals surface area contributed by atoms with Crippen LogP contribution < -0.4 is 0 Å². The van der Waals surface area contributed by atoms with Crippen molar-refractivity contribution in [2.75, 3.05) is 23.0 Å². The van der Waals surface area contributed by atoms with Gasteiger partial charge in [0.1, 0.15) is 0 Å². The fourth-order valence-electron chi connectivity index (χ4n) is 1.55. The zero-order chi connectivity index (χ0) is 17.5. The van der Waals surface area contributed by atoms with Gasteiger partial charge in [0.25, 0.3) is 0 Å². The molecule has 0 atom stereocenters. The van der Waals surface area contributed by atoms with Crippen LogP contribution >= 0.6 is 31.8 Å². The van der Waals surface area contributed by atoms with Crippen molar-refractivity contribution in [3.05, 3.63) is 0 Å². The Morgan fingerprint density at radius 1 is 0.682 bits per heavy atom. The summed E-state index contributed by atoms with van der Waals surface area (Å²) in [6.07, 6.45) is 11.3. The Labute approximate surface area is 148 Å². The van der Waals surface area contributed by atoms with E-state index in [2.05, 4.69) is 51.2 Å². The van der Waals surface area contributed by atoms with Gasteiger partial charge in [-0.15, -0.1) is 0 Å². The molecule has 0 heterocycles. The molecular weight excluding hydrogens is 335 g/mol. The zero-order valence-corrected chi connectivity index (χ0v) is 17.7. The van der Waals surface area contributed by atoms with Crippen LogP contribution in [0, 0.1) is 0 Å². The van der Waals surface area contributed by atoms with Crippen LogP contribution in [0.25, 0.3) is 0 Å². The summed E-state index contributed by atoms with van der Waals surface area (Å²) < 4.78 is 8.74. The maximum atomic E-state index is 8.74. The third-order valence-electron chi connectivity index (χ3n) is 2.69. The Balaban J connectivity index is -0.000000266. The first-order chi connectivity index (χ1) is 10.6. The van der Waals surface area contributed by atoms with E-state index in [4.69, 9.17) is 14.4 Å². The van der Waals surface area contributed by atoms with Gasteiger partial charge < -0.3 is 9.79 Å². The topological polar surface area (TPSA) is 57.5 Å². The van der Waals surface area contributed by atoms with E-state index in [1.54, 1.807) is 0 Å². The van der Waals surface area contributed by atoms with Crippen LogP contribution in [-0.4, -0.2) is 32.8 Å². The van der Waals surface area contributed by atoms with Crippen molar-refractivity contribution in [2.24, 2.45) is 0 Å². The molecule has 138 valence electrons. The maximum Gasteiger partial charge on any atom is 0.314 e. The molecule has 0 aliphatic rings. The molecule has 0 spiro atoms.